The average molecular weight is 521 g/mol. The van der Waals surface area contributed by atoms with Gasteiger partial charge in [-0.25, -0.2) is 9.79 Å². The SMILES string of the molecule is CCOC(=O)C1=C(C)N=c2s/c(=C\c3ccccc3OC(C)=O)c(=O)n2[C@H]1c1ccccc1OC(C)C. The molecule has 0 saturated heterocycles. The van der Waals surface area contributed by atoms with Gasteiger partial charge in [0.2, 0.25) is 0 Å². The molecule has 0 spiro atoms. The lowest BCUT2D eigenvalue weighted by Crippen LogP contribution is -2.40. The largest absolute Gasteiger partial charge is 0.491 e. The first-order valence-corrected chi connectivity index (χ1v) is 12.8. The first-order chi connectivity index (χ1) is 17.7. The van der Waals surface area contributed by atoms with Gasteiger partial charge in [-0.1, -0.05) is 47.7 Å². The number of allylic oxidation sites excluding steroid dienone is 1. The van der Waals surface area contributed by atoms with Crippen molar-refractivity contribution in [1.29, 1.82) is 0 Å². The van der Waals surface area contributed by atoms with E-state index in [4.69, 9.17) is 14.2 Å². The minimum absolute atomic E-state index is 0.120. The van der Waals surface area contributed by atoms with E-state index in [1.807, 2.05) is 38.1 Å². The highest BCUT2D eigenvalue weighted by molar-refractivity contribution is 7.07. The average Bonchev–Trinajstić information content (AvgIpc) is 3.13. The minimum Gasteiger partial charge on any atom is -0.491 e. The molecule has 0 unspecified atom stereocenters. The maximum absolute atomic E-state index is 13.9. The molecule has 37 heavy (non-hydrogen) atoms. The Morgan fingerprint density at radius 2 is 1.78 bits per heavy atom. The number of carbonyl (C=O) groups is 2. The summed E-state index contributed by atoms with van der Waals surface area (Å²) in [6.45, 7) is 8.80. The Bertz CT molecular complexity index is 1560. The monoisotopic (exact) mass is 520 g/mol. The molecule has 1 aromatic heterocycles. The topological polar surface area (TPSA) is 96.2 Å². The number of carbonyl (C=O) groups excluding carboxylic acids is 2. The minimum atomic E-state index is -0.795. The van der Waals surface area contributed by atoms with Gasteiger partial charge in [0.15, 0.2) is 4.80 Å². The lowest BCUT2D eigenvalue weighted by atomic mass is 9.95. The van der Waals surface area contributed by atoms with Crippen molar-refractivity contribution in [1.82, 2.24) is 4.57 Å². The van der Waals surface area contributed by atoms with Crippen LogP contribution in [0.1, 0.15) is 51.8 Å². The molecule has 3 aromatic rings. The van der Waals surface area contributed by atoms with E-state index >= 15 is 0 Å². The maximum Gasteiger partial charge on any atom is 0.338 e. The Morgan fingerprint density at radius 1 is 1.11 bits per heavy atom. The zero-order valence-electron chi connectivity index (χ0n) is 21.3. The maximum atomic E-state index is 13.9. The van der Waals surface area contributed by atoms with Gasteiger partial charge in [-0.15, -0.1) is 0 Å². The molecule has 0 fully saturated rings. The predicted molar refractivity (Wildman–Crippen MR) is 140 cm³/mol. The lowest BCUT2D eigenvalue weighted by Gasteiger charge is -2.26. The number of rotatable bonds is 7. The van der Waals surface area contributed by atoms with Gasteiger partial charge in [-0.05, 0) is 45.9 Å². The first-order valence-electron chi connectivity index (χ1n) is 11.9. The molecule has 8 nitrogen and oxygen atoms in total. The molecule has 4 rings (SSSR count). The van der Waals surface area contributed by atoms with Crippen LogP contribution < -0.4 is 24.4 Å². The van der Waals surface area contributed by atoms with Crippen LogP contribution >= 0.6 is 11.3 Å². The predicted octanol–water partition coefficient (Wildman–Crippen LogP) is 3.51. The number of esters is 2. The van der Waals surface area contributed by atoms with Crippen LogP contribution in [-0.4, -0.2) is 29.2 Å². The number of hydrogen-bond donors (Lipinski definition) is 0. The van der Waals surface area contributed by atoms with Crippen LogP contribution in [0.2, 0.25) is 0 Å². The summed E-state index contributed by atoms with van der Waals surface area (Å²) in [5.74, 6) is -0.0911. The van der Waals surface area contributed by atoms with E-state index in [0.29, 0.717) is 37.7 Å². The highest BCUT2D eigenvalue weighted by atomic mass is 32.1. The summed E-state index contributed by atoms with van der Waals surface area (Å²) in [5.41, 5.74) is 1.64. The molecule has 0 N–H and O–H groups in total. The van der Waals surface area contributed by atoms with Crippen molar-refractivity contribution >= 4 is 29.4 Å². The van der Waals surface area contributed by atoms with E-state index in [2.05, 4.69) is 4.99 Å². The smallest absolute Gasteiger partial charge is 0.338 e. The third-order valence-electron chi connectivity index (χ3n) is 5.55. The number of fused-ring (bicyclic) bond motifs is 1. The summed E-state index contributed by atoms with van der Waals surface area (Å²) in [7, 11) is 0. The second-order valence-electron chi connectivity index (χ2n) is 8.64. The Hall–Kier alpha value is -3.98. The quantitative estimate of drug-likeness (QED) is 0.350. The van der Waals surface area contributed by atoms with Gasteiger partial charge in [0, 0.05) is 18.1 Å². The van der Waals surface area contributed by atoms with Gasteiger partial charge in [-0.2, -0.15) is 0 Å². The molecular formula is C28H28N2O6S. The second kappa shape index (κ2) is 11.0. The van der Waals surface area contributed by atoms with Gasteiger partial charge < -0.3 is 14.2 Å². The lowest BCUT2D eigenvalue weighted by molar-refractivity contribution is -0.139. The van der Waals surface area contributed by atoms with Gasteiger partial charge in [-0.3, -0.25) is 14.2 Å². The van der Waals surface area contributed by atoms with Crippen molar-refractivity contribution < 1.29 is 23.8 Å². The molecule has 9 heteroatoms. The summed E-state index contributed by atoms with van der Waals surface area (Å²) in [4.78, 5) is 43.6. The Kier molecular flexibility index (Phi) is 7.73. The molecule has 0 saturated carbocycles. The third-order valence-corrected chi connectivity index (χ3v) is 6.54. The van der Waals surface area contributed by atoms with Crippen LogP contribution in [0.25, 0.3) is 6.08 Å². The van der Waals surface area contributed by atoms with E-state index in [1.165, 1.54) is 22.8 Å². The molecule has 1 aliphatic rings. The van der Waals surface area contributed by atoms with Crippen LogP contribution in [0, 0.1) is 0 Å². The molecule has 192 valence electrons. The molecule has 1 aliphatic heterocycles. The van der Waals surface area contributed by atoms with E-state index in [1.54, 1.807) is 44.2 Å². The Morgan fingerprint density at radius 3 is 2.46 bits per heavy atom. The number of benzene rings is 2. The van der Waals surface area contributed by atoms with Gasteiger partial charge in [0.05, 0.1) is 28.5 Å². The van der Waals surface area contributed by atoms with Crippen LogP contribution in [0.4, 0.5) is 0 Å². The number of nitrogens with zero attached hydrogens (tertiary/aromatic N) is 2. The molecule has 2 heterocycles. The van der Waals surface area contributed by atoms with Crippen molar-refractivity contribution in [2.24, 2.45) is 4.99 Å². The number of ether oxygens (including phenoxy) is 3. The summed E-state index contributed by atoms with van der Waals surface area (Å²) >= 11 is 1.19. The highest BCUT2D eigenvalue weighted by Gasteiger charge is 2.35. The normalized spacial score (nSPS) is 15.3. The molecule has 0 bridgehead atoms. The van der Waals surface area contributed by atoms with Crippen molar-refractivity contribution in [2.45, 2.75) is 46.8 Å². The zero-order chi connectivity index (χ0) is 26.7. The van der Waals surface area contributed by atoms with Crippen molar-refractivity contribution in [3.05, 3.63) is 90.6 Å². The molecule has 2 aromatic carbocycles. The van der Waals surface area contributed by atoms with Gasteiger partial charge in [0.25, 0.3) is 5.56 Å². The fourth-order valence-corrected chi connectivity index (χ4v) is 5.18. The second-order valence-corrected chi connectivity index (χ2v) is 9.65. The van der Waals surface area contributed by atoms with Crippen molar-refractivity contribution in [2.75, 3.05) is 6.61 Å². The number of para-hydroxylation sites is 2. The van der Waals surface area contributed by atoms with Gasteiger partial charge >= 0.3 is 11.9 Å². The summed E-state index contributed by atoms with van der Waals surface area (Å²) in [5, 5.41) is 0. The van der Waals surface area contributed by atoms with E-state index in [-0.39, 0.29) is 23.8 Å². The number of aromatic nitrogens is 1. The molecular weight excluding hydrogens is 492 g/mol. The Balaban J connectivity index is 1.98. The highest BCUT2D eigenvalue weighted by Crippen LogP contribution is 2.36. The standard InChI is InChI=1S/C28H28N2O6S/c1-6-34-27(33)24-17(4)29-28-30(25(24)20-12-8-10-14-22(20)35-16(2)3)26(32)23(37-28)15-19-11-7-9-13-21(19)36-18(5)31/h7-16,25H,6H2,1-5H3/b23-15-/t25-/m0/s1. The van der Waals surface area contributed by atoms with Crippen LogP contribution in [0.5, 0.6) is 11.5 Å². The van der Waals surface area contributed by atoms with Crippen molar-refractivity contribution in [3.63, 3.8) is 0 Å². The zero-order valence-corrected chi connectivity index (χ0v) is 22.1. The molecule has 0 radical (unpaired) electrons. The fourth-order valence-electron chi connectivity index (χ4n) is 4.14. The summed E-state index contributed by atoms with van der Waals surface area (Å²) in [6, 6.07) is 13.5. The summed E-state index contributed by atoms with van der Waals surface area (Å²) in [6.07, 6.45) is 1.55. The van der Waals surface area contributed by atoms with Crippen LogP contribution in [-0.2, 0) is 14.3 Å². The number of hydrogen-bond acceptors (Lipinski definition) is 8. The molecule has 1 atom stereocenters. The molecule has 0 aliphatic carbocycles. The number of thiazole rings is 1. The van der Waals surface area contributed by atoms with Crippen LogP contribution in [0.3, 0.4) is 0 Å². The van der Waals surface area contributed by atoms with Crippen LogP contribution in [0.15, 0.2) is 69.6 Å². The molecule has 0 amide bonds. The van der Waals surface area contributed by atoms with Gasteiger partial charge in [0.1, 0.15) is 17.5 Å². The van der Waals surface area contributed by atoms with Crippen molar-refractivity contribution in [3.8, 4) is 11.5 Å². The first kappa shape index (κ1) is 26.1. The van der Waals surface area contributed by atoms with E-state index in [9.17, 15) is 14.4 Å². The third kappa shape index (κ3) is 5.41. The fraction of sp³-hybridized carbons (Fsp3) is 0.286. The van der Waals surface area contributed by atoms with E-state index in [0.717, 1.165) is 0 Å². The summed E-state index contributed by atoms with van der Waals surface area (Å²) < 4.78 is 18.6. The van der Waals surface area contributed by atoms with E-state index < -0.39 is 18.0 Å². The Labute approximate surface area is 218 Å².